The van der Waals surface area contributed by atoms with E-state index in [2.05, 4.69) is 10.3 Å². The van der Waals surface area contributed by atoms with Crippen LogP contribution in [0, 0.1) is 0 Å². The third-order valence-electron chi connectivity index (χ3n) is 4.29. The summed E-state index contributed by atoms with van der Waals surface area (Å²) in [6.45, 7) is 2.95. The maximum atomic E-state index is 13.0. The summed E-state index contributed by atoms with van der Waals surface area (Å²) in [6.07, 6.45) is 0.673. The monoisotopic (exact) mass is 451 g/mol. The molecule has 0 aliphatic carbocycles. The maximum Gasteiger partial charge on any atom is 0.262 e. The largest absolute Gasteiger partial charge is 0.385 e. The molecule has 0 radical (unpaired) electrons. The number of thioether (sulfide) groups is 1. The highest BCUT2D eigenvalue weighted by Gasteiger charge is 2.15. The second-order valence-electron chi connectivity index (χ2n) is 6.45. The van der Waals surface area contributed by atoms with Crippen LogP contribution in [0.5, 0.6) is 0 Å². The number of methoxy groups -OCH3 is 1. The number of halogens is 1. The van der Waals surface area contributed by atoms with Crippen molar-refractivity contribution in [2.24, 2.45) is 0 Å². The van der Waals surface area contributed by atoms with Crippen molar-refractivity contribution in [1.82, 2.24) is 14.9 Å². The first-order valence-corrected chi connectivity index (χ1v) is 11.4. The van der Waals surface area contributed by atoms with Gasteiger partial charge in [-0.25, -0.2) is 4.98 Å². The summed E-state index contributed by atoms with van der Waals surface area (Å²) in [5.74, 6) is 0.0539. The lowest BCUT2D eigenvalue weighted by Crippen LogP contribution is -2.29. The van der Waals surface area contributed by atoms with Crippen LogP contribution in [0.2, 0.25) is 5.02 Å². The second-order valence-corrected chi connectivity index (χ2v) is 8.81. The van der Waals surface area contributed by atoms with Gasteiger partial charge in [-0.1, -0.05) is 29.4 Å². The van der Waals surface area contributed by atoms with Crippen molar-refractivity contribution in [1.29, 1.82) is 0 Å². The van der Waals surface area contributed by atoms with Crippen molar-refractivity contribution in [2.75, 3.05) is 19.5 Å². The average Bonchev–Trinajstić information content (AvgIpc) is 3.23. The van der Waals surface area contributed by atoms with Gasteiger partial charge in [0.2, 0.25) is 5.91 Å². The molecule has 2 aromatic heterocycles. The Hall–Kier alpha value is -1.87. The van der Waals surface area contributed by atoms with Gasteiger partial charge >= 0.3 is 0 Å². The fraction of sp³-hybridized carbons (Fsp3) is 0.350. The molecule has 0 aliphatic heterocycles. The molecule has 0 saturated heterocycles. The van der Waals surface area contributed by atoms with Gasteiger partial charge in [0.05, 0.1) is 22.7 Å². The van der Waals surface area contributed by atoms with Crippen LogP contribution in [0.15, 0.2) is 45.7 Å². The van der Waals surface area contributed by atoms with Crippen LogP contribution >= 0.6 is 34.7 Å². The van der Waals surface area contributed by atoms with Crippen LogP contribution in [0.25, 0.3) is 10.9 Å². The summed E-state index contributed by atoms with van der Waals surface area (Å²) in [5.41, 5.74) is 0.387. The van der Waals surface area contributed by atoms with E-state index in [4.69, 9.17) is 16.3 Å². The number of hydrogen-bond acceptors (Lipinski definition) is 6. The smallest absolute Gasteiger partial charge is 0.262 e. The van der Waals surface area contributed by atoms with Crippen LogP contribution < -0.4 is 10.9 Å². The fourth-order valence-electron chi connectivity index (χ4n) is 2.87. The van der Waals surface area contributed by atoms with Crippen molar-refractivity contribution >= 4 is 51.5 Å². The molecule has 1 N–H and O–H groups in total. The second kappa shape index (κ2) is 10.2. The van der Waals surface area contributed by atoms with Gasteiger partial charge in [-0.15, -0.1) is 11.3 Å². The number of benzene rings is 1. The first kappa shape index (κ1) is 21.8. The number of ether oxygens (including phenoxy) is 1. The SMILES string of the molecule is COCCCn1c(SCC(=O)NC(C)c2cccs2)nc2cc(Cl)ccc2c1=O. The zero-order valence-electron chi connectivity index (χ0n) is 16.2. The van der Waals surface area contributed by atoms with Gasteiger partial charge in [0, 0.05) is 30.2 Å². The van der Waals surface area contributed by atoms with Crippen molar-refractivity contribution < 1.29 is 9.53 Å². The minimum Gasteiger partial charge on any atom is -0.385 e. The van der Waals surface area contributed by atoms with E-state index in [-0.39, 0.29) is 23.3 Å². The van der Waals surface area contributed by atoms with Crippen LogP contribution in [0.3, 0.4) is 0 Å². The standard InChI is InChI=1S/C20H22ClN3O3S2/c1-13(17-5-3-10-28-17)22-18(25)12-29-20-23-16-11-14(21)6-7-15(16)19(26)24(20)8-4-9-27-2/h3,5-7,10-11,13H,4,8-9,12H2,1-2H3,(H,22,25). The molecule has 154 valence electrons. The van der Waals surface area contributed by atoms with E-state index < -0.39 is 0 Å². The quantitative estimate of drug-likeness (QED) is 0.301. The summed E-state index contributed by atoms with van der Waals surface area (Å²) < 4.78 is 6.71. The Bertz CT molecular complexity index is 1040. The minimum atomic E-state index is -0.141. The molecule has 1 atom stereocenters. The van der Waals surface area contributed by atoms with Gasteiger partial charge in [-0.2, -0.15) is 0 Å². The Morgan fingerprint density at radius 1 is 1.41 bits per heavy atom. The van der Waals surface area contributed by atoms with E-state index in [9.17, 15) is 9.59 Å². The normalized spacial score (nSPS) is 12.2. The van der Waals surface area contributed by atoms with Crippen LogP contribution in [-0.4, -0.2) is 34.9 Å². The minimum absolute atomic E-state index is 0.0598. The van der Waals surface area contributed by atoms with Crippen molar-refractivity contribution in [2.45, 2.75) is 31.1 Å². The first-order chi connectivity index (χ1) is 14.0. The van der Waals surface area contributed by atoms with E-state index >= 15 is 0 Å². The third-order valence-corrected chi connectivity index (χ3v) is 6.56. The number of thiophene rings is 1. The molecule has 3 rings (SSSR count). The zero-order chi connectivity index (χ0) is 20.8. The molecule has 2 heterocycles. The lowest BCUT2D eigenvalue weighted by atomic mass is 10.2. The Labute approximate surface area is 182 Å². The summed E-state index contributed by atoms with van der Waals surface area (Å²) in [6, 6.07) is 8.92. The maximum absolute atomic E-state index is 13.0. The number of hydrogen-bond donors (Lipinski definition) is 1. The number of nitrogens with one attached hydrogen (secondary N) is 1. The summed E-state index contributed by atoms with van der Waals surface area (Å²) in [7, 11) is 1.62. The van der Waals surface area contributed by atoms with E-state index in [1.54, 1.807) is 41.2 Å². The van der Waals surface area contributed by atoms with E-state index in [1.807, 2.05) is 24.4 Å². The molecule has 6 nitrogen and oxygen atoms in total. The van der Waals surface area contributed by atoms with Gasteiger partial charge in [0.1, 0.15) is 0 Å². The molecule has 29 heavy (non-hydrogen) atoms. The molecule has 0 saturated carbocycles. The zero-order valence-corrected chi connectivity index (χ0v) is 18.6. The van der Waals surface area contributed by atoms with Gasteiger partial charge in [0.15, 0.2) is 5.16 Å². The highest BCUT2D eigenvalue weighted by Crippen LogP contribution is 2.22. The van der Waals surface area contributed by atoms with E-state index in [0.29, 0.717) is 40.7 Å². The summed E-state index contributed by atoms with van der Waals surface area (Å²) in [5, 5.41) is 6.48. The number of rotatable bonds is 9. The molecule has 3 aromatic rings. The Kier molecular flexibility index (Phi) is 7.71. The Morgan fingerprint density at radius 3 is 2.97 bits per heavy atom. The van der Waals surface area contributed by atoms with Gasteiger partial charge in [-0.05, 0) is 43.0 Å². The van der Waals surface area contributed by atoms with Crippen LogP contribution in [0.1, 0.15) is 24.3 Å². The number of aromatic nitrogens is 2. The van der Waals surface area contributed by atoms with Gasteiger partial charge in [0.25, 0.3) is 5.56 Å². The molecule has 1 unspecified atom stereocenters. The molecule has 1 aromatic carbocycles. The average molecular weight is 452 g/mol. The Morgan fingerprint density at radius 2 is 2.24 bits per heavy atom. The summed E-state index contributed by atoms with van der Waals surface area (Å²) in [4.78, 5) is 31.1. The highest BCUT2D eigenvalue weighted by atomic mass is 35.5. The highest BCUT2D eigenvalue weighted by molar-refractivity contribution is 7.99. The molecular weight excluding hydrogens is 430 g/mol. The fourth-order valence-corrected chi connectivity index (χ4v) is 4.61. The summed E-state index contributed by atoms with van der Waals surface area (Å²) >= 11 is 8.91. The third kappa shape index (κ3) is 5.60. The predicted molar refractivity (Wildman–Crippen MR) is 119 cm³/mol. The molecular formula is C20H22ClN3O3S2. The van der Waals surface area contributed by atoms with Crippen LogP contribution in [-0.2, 0) is 16.1 Å². The van der Waals surface area contributed by atoms with E-state index in [0.717, 1.165) is 4.88 Å². The molecule has 0 spiro atoms. The van der Waals surface area contributed by atoms with Crippen molar-refractivity contribution in [3.63, 3.8) is 0 Å². The van der Waals surface area contributed by atoms with Crippen LogP contribution in [0.4, 0.5) is 0 Å². The first-order valence-electron chi connectivity index (χ1n) is 9.14. The Balaban J connectivity index is 1.79. The van der Waals surface area contributed by atoms with Gasteiger partial charge in [-0.3, -0.25) is 14.2 Å². The van der Waals surface area contributed by atoms with Gasteiger partial charge < -0.3 is 10.1 Å². The number of nitrogens with zero attached hydrogens (tertiary/aromatic N) is 2. The topological polar surface area (TPSA) is 73.2 Å². The molecule has 0 bridgehead atoms. The number of carbonyl (C=O) groups is 1. The lowest BCUT2D eigenvalue weighted by Gasteiger charge is -2.14. The predicted octanol–water partition coefficient (Wildman–Crippen LogP) is 4.12. The van der Waals surface area contributed by atoms with Crippen molar-refractivity contribution in [3.05, 3.63) is 56.0 Å². The lowest BCUT2D eigenvalue weighted by molar-refractivity contribution is -0.119. The van der Waals surface area contributed by atoms with Crippen molar-refractivity contribution in [3.8, 4) is 0 Å². The number of carbonyl (C=O) groups excluding carboxylic acids is 1. The number of fused-ring (bicyclic) bond motifs is 1. The molecule has 0 fully saturated rings. The molecule has 9 heteroatoms. The number of amides is 1. The molecule has 0 aliphatic rings. The van der Waals surface area contributed by atoms with E-state index in [1.165, 1.54) is 11.8 Å². The molecule has 1 amide bonds.